The fourth-order valence-electron chi connectivity index (χ4n) is 2.83. The first-order valence-electron chi connectivity index (χ1n) is 10.3. The number of hydrogen-bond donors (Lipinski definition) is 7. The van der Waals surface area contributed by atoms with Crippen LogP contribution in [0.4, 0.5) is 0 Å². The van der Waals surface area contributed by atoms with E-state index in [9.17, 15) is 28.8 Å². The smallest absolute Gasteiger partial charge is 0.325 e. The van der Waals surface area contributed by atoms with Crippen LogP contribution in [0.25, 0.3) is 0 Å². The zero-order valence-electron chi connectivity index (χ0n) is 18.5. The van der Waals surface area contributed by atoms with Crippen molar-refractivity contribution in [2.45, 2.75) is 56.8 Å². The van der Waals surface area contributed by atoms with E-state index in [1.54, 1.807) is 30.3 Å². The van der Waals surface area contributed by atoms with Gasteiger partial charge in [-0.15, -0.1) is 0 Å². The normalized spacial score (nSPS) is 14.1. The molecule has 0 fully saturated rings. The van der Waals surface area contributed by atoms with Crippen molar-refractivity contribution >= 4 is 35.6 Å². The van der Waals surface area contributed by atoms with Crippen LogP contribution in [0.2, 0.25) is 0 Å². The number of rotatable bonds is 14. The molecule has 9 N–H and O–H groups in total. The summed E-state index contributed by atoms with van der Waals surface area (Å²) in [5, 5.41) is 24.9. The second-order valence-corrected chi connectivity index (χ2v) is 7.59. The van der Waals surface area contributed by atoms with Gasteiger partial charge in [0.25, 0.3) is 0 Å². The first-order valence-corrected chi connectivity index (χ1v) is 10.3. The molecule has 0 radical (unpaired) electrons. The van der Waals surface area contributed by atoms with E-state index in [-0.39, 0.29) is 12.8 Å². The Bertz CT molecular complexity index is 908. The second kappa shape index (κ2) is 13.5. The zero-order chi connectivity index (χ0) is 25.8. The molecule has 1 aromatic rings. The molecule has 1 aromatic carbocycles. The molecule has 0 aliphatic heterocycles. The molecular weight excluding hydrogens is 450 g/mol. The molecule has 13 nitrogen and oxygen atoms in total. The summed E-state index contributed by atoms with van der Waals surface area (Å²) < 4.78 is 0. The van der Waals surface area contributed by atoms with E-state index in [1.165, 1.54) is 6.92 Å². The highest BCUT2D eigenvalue weighted by Crippen LogP contribution is 2.06. The molecule has 13 heteroatoms. The molecule has 186 valence electrons. The lowest BCUT2D eigenvalue weighted by atomic mass is 10.0. The van der Waals surface area contributed by atoms with Crippen molar-refractivity contribution in [1.29, 1.82) is 0 Å². The number of nitrogens with one attached hydrogen (secondary N) is 3. The zero-order valence-corrected chi connectivity index (χ0v) is 18.5. The van der Waals surface area contributed by atoms with Crippen LogP contribution in [0.1, 0.15) is 31.7 Å². The van der Waals surface area contributed by atoms with E-state index in [1.807, 2.05) is 0 Å². The first kappa shape index (κ1) is 28.0. The quantitative estimate of drug-likeness (QED) is 0.154. The van der Waals surface area contributed by atoms with E-state index >= 15 is 0 Å². The van der Waals surface area contributed by atoms with Crippen molar-refractivity contribution in [3.05, 3.63) is 35.9 Å². The second-order valence-electron chi connectivity index (χ2n) is 7.59. The summed E-state index contributed by atoms with van der Waals surface area (Å²) in [6.45, 7) is 1.20. The Kier molecular flexibility index (Phi) is 11.2. The van der Waals surface area contributed by atoms with Crippen molar-refractivity contribution in [2.24, 2.45) is 11.5 Å². The van der Waals surface area contributed by atoms with Crippen LogP contribution >= 0.6 is 0 Å². The van der Waals surface area contributed by atoms with Crippen LogP contribution in [0.5, 0.6) is 0 Å². The maximum Gasteiger partial charge on any atom is 0.325 e. The van der Waals surface area contributed by atoms with Gasteiger partial charge in [-0.2, -0.15) is 0 Å². The number of carboxylic acid groups (broad SMARTS) is 2. The summed E-state index contributed by atoms with van der Waals surface area (Å²) in [5.41, 5.74) is 11.3. The largest absolute Gasteiger partial charge is 0.481 e. The van der Waals surface area contributed by atoms with Gasteiger partial charge in [-0.25, -0.2) is 0 Å². The van der Waals surface area contributed by atoms with Crippen LogP contribution in [-0.4, -0.2) is 69.9 Å². The third-order valence-electron chi connectivity index (χ3n) is 4.68. The first-order chi connectivity index (χ1) is 15.9. The van der Waals surface area contributed by atoms with Gasteiger partial charge in [0.15, 0.2) is 0 Å². The van der Waals surface area contributed by atoms with E-state index in [2.05, 4.69) is 16.0 Å². The van der Waals surface area contributed by atoms with Crippen molar-refractivity contribution < 1.29 is 39.0 Å². The van der Waals surface area contributed by atoms with Gasteiger partial charge in [0.1, 0.15) is 18.1 Å². The summed E-state index contributed by atoms with van der Waals surface area (Å²) in [5.74, 6) is -5.94. The predicted molar refractivity (Wildman–Crippen MR) is 118 cm³/mol. The van der Waals surface area contributed by atoms with Crippen molar-refractivity contribution in [1.82, 2.24) is 16.0 Å². The number of carboxylic acids is 2. The van der Waals surface area contributed by atoms with Crippen LogP contribution in [0.3, 0.4) is 0 Å². The van der Waals surface area contributed by atoms with Crippen molar-refractivity contribution in [2.75, 3.05) is 0 Å². The average Bonchev–Trinajstić information content (AvgIpc) is 2.75. The summed E-state index contributed by atoms with van der Waals surface area (Å²) in [6, 6.07) is 3.32. The molecule has 0 aromatic heterocycles. The molecule has 34 heavy (non-hydrogen) atoms. The van der Waals surface area contributed by atoms with Crippen LogP contribution < -0.4 is 27.4 Å². The lowest BCUT2D eigenvalue weighted by Gasteiger charge is -2.24. The summed E-state index contributed by atoms with van der Waals surface area (Å²) >= 11 is 0. The van der Waals surface area contributed by atoms with Gasteiger partial charge in [-0.05, 0) is 18.9 Å². The molecule has 0 bridgehead atoms. The topological polar surface area (TPSA) is 231 Å². The van der Waals surface area contributed by atoms with Gasteiger partial charge >= 0.3 is 11.9 Å². The van der Waals surface area contributed by atoms with E-state index in [0.29, 0.717) is 5.56 Å². The molecule has 4 atom stereocenters. The summed E-state index contributed by atoms with van der Waals surface area (Å²) in [6.07, 6.45) is -1.28. The number of carbonyl (C=O) groups excluding carboxylic acids is 4. The Morgan fingerprint density at radius 2 is 1.44 bits per heavy atom. The third kappa shape index (κ3) is 10.1. The molecule has 0 saturated heterocycles. The monoisotopic (exact) mass is 479 g/mol. The summed E-state index contributed by atoms with van der Waals surface area (Å²) in [4.78, 5) is 71.0. The van der Waals surface area contributed by atoms with Gasteiger partial charge in [0, 0.05) is 12.8 Å². The Balaban J connectivity index is 3.08. The number of aliphatic carboxylic acids is 2. The van der Waals surface area contributed by atoms with Crippen LogP contribution in [0, 0.1) is 0 Å². The molecule has 0 spiro atoms. The molecule has 1 rings (SSSR count). The minimum atomic E-state index is -1.39. The van der Waals surface area contributed by atoms with Gasteiger partial charge in [0.05, 0.1) is 12.5 Å². The molecule has 0 saturated carbocycles. The Hall–Kier alpha value is -4.00. The number of nitrogens with two attached hydrogens (primary N) is 2. The number of benzene rings is 1. The molecule has 4 unspecified atom stereocenters. The average molecular weight is 479 g/mol. The highest BCUT2D eigenvalue weighted by atomic mass is 16.4. The molecular formula is C21H29N5O8. The van der Waals surface area contributed by atoms with Gasteiger partial charge in [-0.3, -0.25) is 28.8 Å². The Morgan fingerprint density at radius 1 is 0.882 bits per heavy atom. The van der Waals surface area contributed by atoms with E-state index < -0.39 is 72.6 Å². The van der Waals surface area contributed by atoms with Gasteiger partial charge in [-0.1, -0.05) is 30.3 Å². The molecule has 0 aliphatic rings. The van der Waals surface area contributed by atoms with E-state index in [4.69, 9.17) is 21.7 Å². The molecule has 4 amide bonds. The molecule has 0 aliphatic carbocycles. The number of carbonyl (C=O) groups is 6. The van der Waals surface area contributed by atoms with Crippen LogP contribution in [-0.2, 0) is 35.2 Å². The number of hydrogen-bond acceptors (Lipinski definition) is 7. The Labute approximate surface area is 195 Å². The van der Waals surface area contributed by atoms with E-state index in [0.717, 1.165) is 0 Å². The lowest BCUT2D eigenvalue weighted by Crippen LogP contribution is -2.57. The van der Waals surface area contributed by atoms with Gasteiger partial charge < -0.3 is 37.6 Å². The lowest BCUT2D eigenvalue weighted by molar-refractivity contribution is -0.142. The summed E-state index contributed by atoms with van der Waals surface area (Å²) in [7, 11) is 0. The Morgan fingerprint density at radius 3 is 1.97 bits per heavy atom. The third-order valence-corrected chi connectivity index (χ3v) is 4.68. The highest BCUT2D eigenvalue weighted by Gasteiger charge is 2.30. The molecule has 0 heterocycles. The number of primary amides is 1. The standard InChI is InChI=1S/C21H29N5O8/c1-11(21(33)34)24-19(31)14(7-8-17(28)29)25-20(32)15(9-12-5-3-2-4-6-12)26-18(30)13(22)10-16(23)27/h2-6,11,13-15H,7-10,22H2,1H3,(H2,23,27)(H,24,31)(H,25,32)(H,26,30)(H,28,29)(H,33,34). The maximum absolute atomic E-state index is 13.0. The fraction of sp³-hybridized carbons (Fsp3) is 0.429. The fourth-order valence-corrected chi connectivity index (χ4v) is 2.83. The highest BCUT2D eigenvalue weighted by molar-refractivity contribution is 5.95. The number of amides is 4. The minimum Gasteiger partial charge on any atom is -0.481 e. The predicted octanol–water partition coefficient (Wildman–Crippen LogP) is -2.14. The van der Waals surface area contributed by atoms with Crippen LogP contribution in [0.15, 0.2) is 30.3 Å². The maximum atomic E-state index is 13.0. The van der Waals surface area contributed by atoms with Gasteiger partial charge in [0.2, 0.25) is 23.6 Å². The minimum absolute atomic E-state index is 0.0134. The SMILES string of the molecule is CC(NC(=O)C(CCC(=O)O)NC(=O)C(Cc1ccccc1)NC(=O)C(N)CC(N)=O)C(=O)O. The van der Waals surface area contributed by atoms with Crippen molar-refractivity contribution in [3.63, 3.8) is 0 Å². The van der Waals surface area contributed by atoms with Crippen molar-refractivity contribution in [3.8, 4) is 0 Å².